The van der Waals surface area contributed by atoms with Crippen LogP contribution in [-0.4, -0.2) is 28.5 Å². The van der Waals surface area contributed by atoms with E-state index in [1.54, 1.807) is 11.8 Å². The third-order valence-electron chi connectivity index (χ3n) is 7.36. The van der Waals surface area contributed by atoms with E-state index in [0.29, 0.717) is 23.5 Å². The molecule has 1 aromatic heterocycles. The Labute approximate surface area is 171 Å². The molecule has 0 spiro atoms. The lowest BCUT2D eigenvalue weighted by atomic mass is 9.53. The second-order valence-electron chi connectivity index (χ2n) is 9.61. The normalized spacial score (nSPS) is 34.5. The fourth-order valence-corrected chi connectivity index (χ4v) is 7.99. The zero-order valence-electron chi connectivity index (χ0n) is 16.9. The highest BCUT2D eigenvalue weighted by Crippen LogP contribution is 2.55. The van der Waals surface area contributed by atoms with Gasteiger partial charge in [-0.05, 0) is 81.2 Å². The van der Waals surface area contributed by atoms with Crippen molar-refractivity contribution in [3.05, 3.63) is 5.76 Å². The lowest BCUT2D eigenvalue weighted by molar-refractivity contribution is -0.0173. The van der Waals surface area contributed by atoms with Gasteiger partial charge in [0.05, 0.1) is 6.61 Å². The number of amides is 1. The first kappa shape index (κ1) is 18.8. The summed E-state index contributed by atoms with van der Waals surface area (Å²) in [7, 11) is 0. The number of aromatic nitrogens is 1. The molecule has 1 aromatic rings. The first-order valence-electron chi connectivity index (χ1n) is 11.3. The Morgan fingerprint density at radius 3 is 2.39 bits per heavy atom. The van der Waals surface area contributed by atoms with Crippen LogP contribution in [0.3, 0.4) is 0 Å². The van der Waals surface area contributed by atoms with E-state index in [4.69, 9.17) is 9.26 Å². The van der Waals surface area contributed by atoms with Gasteiger partial charge < -0.3 is 14.6 Å². The minimum atomic E-state index is -0.0845. The van der Waals surface area contributed by atoms with Gasteiger partial charge in [-0.1, -0.05) is 19.3 Å². The Hall–Kier alpha value is -1.17. The van der Waals surface area contributed by atoms with Crippen LogP contribution in [0.1, 0.15) is 88.1 Å². The molecule has 0 radical (unpaired) electrons. The summed E-state index contributed by atoms with van der Waals surface area (Å²) in [5.41, 5.74) is -0.0167. The second kappa shape index (κ2) is 7.58. The van der Waals surface area contributed by atoms with Gasteiger partial charge in [0.25, 0.3) is 11.8 Å². The molecule has 154 valence electrons. The van der Waals surface area contributed by atoms with Gasteiger partial charge in [0.15, 0.2) is 0 Å². The van der Waals surface area contributed by atoms with Crippen LogP contribution in [0.5, 0.6) is 5.88 Å². The third kappa shape index (κ3) is 3.57. The van der Waals surface area contributed by atoms with Crippen LogP contribution in [0, 0.1) is 17.8 Å². The van der Waals surface area contributed by atoms with Gasteiger partial charge in [0.2, 0.25) is 5.76 Å². The Balaban J connectivity index is 1.35. The van der Waals surface area contributed by atoms with Crippen LogP contribution in [-0.2, 0) is 0 Å². The smallest absolute Gasteiger partial charge is 0.291 e. The van der Waals surface area contributed by atoms with Gasteiger partial charge in [0.1, 0.15) is 4.90 Å². The average Bonchev–Trinajstić information content (AvgIpc) is 3.04. The molecule has 0 aliphatic heterocycles. The van der Waals surface area contributed by atoms with E-state index in [9.17, 15) is 4.79 Å². The number of carbonyl (C=O) groups excluding carboxylic acids is 1. The van der Waals surface area contributed by atoms with Crippen LogP contribution < -0.4 is 10.1 Å². The number of rotatable bonds is 6. The van der Waals surface area contributed by atoms with Crippen LogP contribution in [0.2, 0.25) is 0 Å². The molecule has 0 aromatic carbocycles. The van der Waals surface area contributed by atoms with Crippen molar-refractivity contribution < 1.29 is 14.1 Å². The van der Waals surface area contributed by atoms with Crippen LogP contribution >= 0.6 is 11.8 Å². The monoisotopic (exact) mass is 404 g/mol. The molecule has 6 heteroatoms. The van der Waals surface area contributed by atoms with E-state index in [2.05, 4.69) is 10.5 Å². The second-order valence-corrected chi connectivity index (χ2v) is 10.9. The highest BCUT2D eigenvalue weighted by atomic mass is 32.2. The van der Waals surface area contributed by atoms with Gasteiger partial charge in [0, 0.05) is 10.8 Å². The molecule has 5 saturated carbocycles. The number of hydrogen-bond donors (Lipinski definition) is 1. The maximum Gasteiger partial charge on any atom is 0.291 e. The standard InChI is InChI=1S/C22H32N2O3S/c1-2-26-21-19(28-17-6-4-3-5-7-17)18(27-24-21)20(25)23-22-11-14-8-15(12-22)10-16(9-14)13-22/h14-17H,2-13H2,1H3,(H,23,25). The molecule has 1 heterocycles. The molecule has 0 saturated heterocycles. The lowest BCUT2D eigenvalue weighted by Crippen LogP contribution is -2.59. The van der Waals surface area contributed by atoms with Crippen molar-refractivity contribution in [3.8, 4) is 5.88 Å². The predicted molar refractivity (Wildman–Crippen MR) is 109 cm³/mol. The summed E-state index contributed by atoms with van der Waals surface area (Å²) in [6, 6.07) is 0. The highest BCUT2D eigenvalue weighted by Gasteiger charge is 2.52. The van der Waals surface area contributed by atoms with Crippen molar-refractivity contribution in [3.63, 3.8) is 0 Å². The van der Waals surface area contributed by atoms with Crippen molar-refractivity contribution in [2.24, 2.45) is 17.8 Å². The zero-order valence-corrected chi connectivity index (χ0v) is 17.7. The van der Waals surface area contributed by atoms with E-state index in [1.807, 2.05) is 6.92 Å². The van der Waals surface area contributed by atoms with E-state index in [-0.39, 0.29) is 11.4 Å². The quantitative estimate of drug-likeness (QED) is 0.706. The molecule has 1 N–H and O–H groups in total. The summed E-state index contributed by atoms with van der Waals surface area (Å²) in [5.74, 6) is 3.19. The Bertz CT molecular complexity index is 690. The molecule has 5 aliphatic rings. The van der Waals surface area contributed by atoms with Gasteiger partial charge >= 0.3 is 0 Å². The summed E-state index contributed by atoms with van der Waals surface area (Å²) in [6.07, 6.45) is 13.8. The molecular weight excluding hydrogens is 372 g/mol. The number of thioether (sulfide) groups is 1. The molecule has 5 aliphatic carbocycles. The SMILES string of the molecule is CCOc1noc(C(=O)NC23CC4CC(CC(C4)C2)C3)c1SC1CCCCC1. The van der Waals surface area contributed by atoms with Crippen molar-refractivity contribution in [1.82, 2.24) is 10.5 Å². The van der Waals surface area contributed by atoms with E-state index in [1.165, 1.54) is 51.4 Å². The number of carbonyl (C=O) groups is 1. The van der Waals surface area contributed by atoms with Gasteiger partial charge in [-0.3, -0.25) is 4.79 Å². The molecule has 6 rings (SSSR count). The molecule has 28 heavy (non-hydrogen) atoms. The Morgan fingerprint density at radius 2 is 1.79 bits per heavy atom. The van der Waals surface area contributed by atoms with E-state index in [0.717, 1.165) is 41.9 Å². The average molecular weight is 405 g/mol. The summed E-state index contributed by atoms with van der Waals surface area (Å²) < 4.78 is 11.3. The maximum absolute atomic E-state index is 13.3. The minimum Gasteiger partial charge on any atom is -0.475 e. The molecule has 5 fully saturated rings. The van der Waals surface area contributed by atoms with Crippen LogP contribution in [0.15, 0.2) is 9.42 Å². The Morgan fingerprint density at radius 1 is 1.14 bits per heavy atom. The molecule has 1 amide bonds. The van der Waals surface area contributed by atoms with Gasteiger partial charge in [-0.15, -0.1) is 11.8 Å². The van der Waals surface area contributed by atoms with Crippen LogP contribution in [0.25, 0.3) is 0 Å². The van der Waals surface area contributed by atoms with Crippen molar-refractivity contribution in [2.75, 3.05) is 6.61 Å². The molecule has 0 atom stereocenters. The summed E-state index contributed by atoms with van der Waals surface area (Å²) in [4.78, 5) is 14.1. The first-order valence-corrected chi connectivity index (χ1v) is 12.1. The topological polar surface area (TPSA) is 64.4 Å². The number of nitrogens with one attached hydrogen (secondary N) is 1. The molecule has 4 bridgehead atoms. The molecule has 0 unspecified atom stereocenters. The summed E-state index contributed by atoms with van der Waals surface area (Å²) >= 11 is 1.74. The molecular formula is C22H32N2O3S. The van der Waals surface area contributed by atoms with Gasteiger partial charge in [-0.2, -0.15) is 0 Å². The fourth-order valence-electron chi connectivity index (χ4n) is 6.66. The summed E-state index contributed by atoms with van der Waals surface area (Å²) in [6.45, 7) is 2.47. The number of hydrogen-bond acceptors (Lipinski definition) is 5. The largest absolute Gasteiger partial charge is 0.475 e. The Kier molecular flexibility index (Phi) is 5.10. The molecule has 5 nitrogen and oxygen atoms in total. The fraction of sp³-hybridized carbons (Fsp3) is 0.818. The van der Waals surface area contributed by atoms with Crippen LogP contribution in [0.4, 0.5) is 0 Å². The minimum absolute atomic E-state index is 0.0167. The maximum atomic E-state index is 13.3. The number of ether oxygens (including phenoxy) is 1. The van der Waals surface area contributed by atoms with Crippen molar-refractivity contribution >= 4 is 17.7 Å². The van der Waals surface area contributed by atoms with E-state index < -0.39 is 0 Å². The van der Waals surface area contributed by atoms with Crippen molar-refractivity contribution in [2.45, 2.75) is 93.2 Å². The zero-order chi connectivity index (χ0) is 19.1. The third-order valence-corrected chi connectivity index (χ3v) is 8.76. The summed E-state index contributed by atoms with van der Waals surface area (Å²) in [5, 5.41) is 8.07. The lowest BCUT2D eigenvalue weighted by Gasteiger charge is -2.56. The number of nitrogens with zero attached hydrogens (tertiary/aromatic N) is 1. The van der Waals surface area contributed by atoms with E-state index >= 15 is 0 Å². The van der Waals surface area contributed by atoms with Crippen molar-refractivity contribution in [1.29, 1.82) is 0 Å². The highest BCUT2D eigenvalue weighted by molar-refractivity contribution is 8.00. The predicted octanol–water partition coefficient (Wildman–Crippen LogP) is 5.20. The first-order chi connectivity index (χ1) is 13.6. The van der Waals surface area contributed by atoms with Gasteiger partial charge in [-0.25, -0.2) is 0 Å².